The molecule has 0 radical (unpaired) electrons. The van der Waals surface area contributed by atoms with Crippen molar-refractivity contribution < 1.29 is 13.2 Å². The molecule has 5 nitrogen and oxygen atoms in total. The van der Waals surface area contributed by atoms with Gasteiger partial charge in [0, 0.05) is 11.5 Å². The van der Waals surface area contributed by atoms with Crippen LogP contribution >= 0.6 is 15.9 Å². The number of nitrogens with zero attached hydrogens (tertiary/aromatic N) is 1. The number of amides is 1. The van der Waals surface area contributed by atoms with E-state index in [1.807, 2.05) is 50.2 Å². The number of carbonyl (C=O) groups excluding carboxylic acids is 1. The van der Waals surface area contributed by atoms with Crippen LogP contribution in [0, 0.1) is 20.8 Å². The zero-order valence-electron chi connectivity index (χ0n) is 16.2. The van der Waals surface area contributed by atoms with E-state index < -0.39 is 10.0 Å². The molecule has 1 atom stereocenters. The van der Waals surface area contributed by atoms with Crippen molar-refractivity contribution in [3.63, 3.8) is 0 Å². The Kier molecular flexibility index (Phi) is 6.83. The summed E-state index contributed by atoms with van der Waals surface area (Å²) in [5, 5.41) is 2.85. The van der Waals surface area contributed by atoms with Crippen LogP contribution in [0.15, 0.2) is 45.8 Å². The maximum absolute atomic E-state index is 13.0. The maximum Gasteiger partial charge on any atom is 0.243 e. The second-order valence-electron chi connectivity index (χ2n) is 6.83. The van der Waals surface area contributed by atoms with E-state index in [-0.39, 0.29) is 23.4 Å². The van der Waals surface area contributed by atoms with E-state index >= 15 is 0 Å². The van der Waals surface area contributed by atoms with Gasteiger partial charge in [-0.15, -0.1) is 0 Å². The van der Waals surface area contributed by atoms with E-state index in [0.717, 1.165) is 19.9 Å². The maximum atomic E-state index is 13.0. The lowest BCUT2D eigenvalue weighted by Gasteiger charge is -2.21. The summed E-state index contributed by atoms with van der Waals surface area (Å²) < 4.78 is 27.9. The van der Waals surface area contributed by atoms with Crippen LogP contribution in [0.4, 0.5) is 0 Å². The number of halogens is 1. The van der Waals surface area contributed by atoms with Crippen molar-refractivity contribution in [2.45, 2.75) is 38.6 Å². The molecule has 2 aromatic rings. The minimum atomic E-state index is -3.75. The Labute approximate surface area is 170 Å². The summed E-state index contributed by atoms with van der Waals surface area (Å²) in [6.45, 7) is 7.10. The largest absolute Gasteiger partial charge is 0.348 e. The molecule has 2 rings (SSSR count). The standard InChI is InChI=1S/C20H25BrN2O3S/c1-13-9-14(2)20(15(3)10-13)27(25,26)23(5)12-19(24)22-16(4)17-7-6-8-18(21)11-17/h6-11,16H,12H2,1-5H3,(H,22,24). The molecule has 27 heavy (non-hydrogen) atoms. The molecule has 0 saturated heterocycles. The minimum absolute atomic E-state index is 0.228. The average molecular weight is 453 g/mol. The van der Waals surface area contributed by atoms with Gasteiger partial charge in [-0.05, 0) is 56.5 Å². The van der Waals surface area contributed by atoms with E-state index in [2.05, 4.69) is 21.2 Å². The van der Waals surface area contributed by atoms with Gasteiger partial charge < -0.3 is 5.32 Å². The third kappa shape index (κ3) is 5.18. The quantitative estimate of drug-likeness (QED) is 0.722. The smallest absolute Gasteiger partial charge is 0.243 e. The predicted molar refractivity (Wildman–Crippen MR) is 111 cm³/mol. The van der Waals surface area contributed by atoms with Crippen molar-refractivity contribution >= 4 is 31.9 Å². The van der Waals surface area contributed by atoms with Crippen LogP contribution in [0.2, 0.25) is 0 Å². The molecule has 146 valence electrons. The van der Waals surface area contributed by atoms with Gasteiger partial charge in [-0.2, -0.15) is 4.31 Å². The molecule has 0 aliphatic rings. The number of likely N-dealkylation sites (N-methyl/N-ethyl adjacent to an activating group) is 1. The number of nitrogens with one attached hydrogen (secondary N) is 1. The summed E-state index contributed by atoms with van der Waals surface area (Å²) in [7, 11) is -2.33. The monoisotopic (exact) mass is 452 g/mol. The van der Waals surface area contributed by atoms with Gasteiger partial charge in [0.2, 0.25) is 15.9 Å². The molecule has 0 saturated carbocycles. The van der Waals surface area contributed by atoms with Crippen molar-refractivity contribution in [1.29, 1.82) is 0 Å². The molecule has 0 spiro atoms. The highest BCUT2D eigenvalue weighted by Crippen LogP contribution is 2.24. The van der Waals surface area contributed by atoms with Crippen molar-refractivity contribution in [1.82, 2.24) is 9.62 Å². The van der Waals surface area contributed by atoms with Crippen LogP contribution < -0.4 is 5.32 Å². The number of benzene rings is 2. The van der Waals surface area contributed by atoms with Gasteiger partial charge in [0.15, 0.2) is 0 Å². The average Bonchev–Trinajstić information content (AvgIpc) is 2.53. The van der Waals surface area contributed by atoms with E-state index in [4.69, 9.17) is 0 Å². The van der Waals surface area contributed by atoms with Gasteiger partial charge >= 0.3 is 0 Å². The highest BCUT2D eigenvalue weighted by atomic mass is 79.9. The number of aryl methyl sites for hydroxylation is 3. The van der Waals surface area contributed by atoms with E-state index in [1.165, 1.54) is 7.05 Å². The van der Waals surface area contributed by atoms with Gasteiger partial charge in [0.25, 0.3) is 0 Å². The Morgan fingerprint density at radius 3 is 2.30 bits per heavy atom. The summed E-state index contributed by atoms with van der Waals surface area (Å²) >= 11 is 3.41. The molecular formula is C20H25BrN2O3S. The first kappa shape index (κ1) is 21.6. The minimum Gasteiger partial charge on any atom is -0.348 e. The van der Waals surface area contributed by atoms with Gasteiger partial charge in [-0.25, -0.2) is 8.42 Å². The molecule has 7 heteroatoms. The Hall–Kier alpha value is -1.70. The number of rotatable bonds is 6. The SMILES string of the molecule is Cc1cc(C)c(S(=O)(=O)N(C)CC(=O)NC(C)c2cccc(Br)c2)c(C)c1. The van der Waals surface area contributed by atoms with Crippen molar-refractivity contribution in [3.8, 4) is 0 Å². The highest BCUT2D eigenvalue weighted by molar-refractivity contribution is 9.10. The Morgan fingerprint density at radius 1 is 1.15 bits per heavy atom. The number of sulfonamides is 1. The summed E-state index contributed by atoms with van der Waals surface area (Å²) in [6, 6.07) is 11.1. The third-order valence-corrected chi connectivity index (χ3v) is 6.97. The van der Waals surface area contributed by atoms with Gasteiger partial charge in [-0.1, -0.05) is 45.8 Å². The second-order valence-corrected chi connectivity index (χ2v) is 9.73. The molecule has 0 aromatic heterocycles. The number of carbonyl (C=O) groups is 1. The van der Waals surface area contributed by atoms with E-state index in [0.29, 0.717) is 11.1 Å². The molecule has 0 fully saturated rings. The molecule has 0 bridgehead atoms. The first-order valence-corrected chi connectivity index (χ1v) is 10.8. The van der Waals surface area contributed by atoms with Crippen molar-refractivity contribution in [2.24, 2.45) is 0 Å². The van der Waals surface area contributed by atoms with Crippen LogP contribution in [0.1, 0.15) is 35.2 Å². The molecule has 1 amide bonds. The summed E-state index contributed by atoms with van der Waals surface area (Å²) in [5.74, 6) is -0.351. The summed E-state index contributed by atoms with van der Waals surface area (Å²) in [4.78, 5) is 12.7. The molecule has 0 aliphatic carbocycles. The predicted octanol–water partition coefficient (Wildman–Crippen LogP) is 3.87. The van der Waals surface area contributed by atoms with Crippen LogP contribution in [0.25, 0.3) is 0 Å². The van der Waals surface area contributed by atoms with Gasteiger partial charge in [0.05, 0.1) is 17.5 Å². The van der Waals surface area contributed by atoms with Gasteiger partial charge in [0.1, 0.15) is 0 Å². The first-order chi connectivity index (χ1) is 12.5. The summed E-state index contributed by atoms with van der Waals surface area (Å²) in [5.41, 5.74) is 3.31. The third-order valence-electron chi connectivity index (χ3n) is 4.37. The Morgan fingerprint density at radius 2 is 1.74 bits per heavy atom. The zero-order chi connectivity index (χ0) is 20.4. The lowest BCUT2D eigenvalue weighted by Crippen LogP contribution is -2.39. The molecule has 1 N–H and O–H groups in total. The fourth-order valence-electron chi connectivity index (χ4n) is 3.16. The molecule has 0 aliphatic heterocycles. The molecule has 2 aromatic carbocycles. The van der Waals surface area contributed by atoms with Crippen molar-refractivity contribution in [3.05, 3.63) is 63.1 Å². The van der Waals surface area contributed by atoms with Gasteiger partial charge in [-0.3, -0.25) is 4.79 Å². The Bertz CT molecular complexity index is 934. The van der Waals surface area contributed by atoms with Crippen molar-refractivity contribution in [2.75, 3.05) is 13.6 Å². The van der Waals surface area contributed by atoms with Crippen LogP contribution in [-0.4, -0.2) is 32.2 Å². The highest BCUT2D eigenvalue weighted by Gasteiger charge is 2.27. The van der Waals surface area contributed by atoms with Crippen LogP contribution in [-0.2, 0) is 14.8 Å². The number of hydrogen-bond donors (Lipinski definition) is 1. The molecule has 1 unspecified atom stereocenters. The molecular weight excluding hydrogens is 428 g/mol. The second kappa shape index (κ2) is 8.54. The van der Waals surface area contributed by atoms with E-state index in [9.17, 15) is 13.2 Å². The normalized spacial score (nSPS) is 12.9. The topological polar surface area (TPSA) is 66.5 Å². The fraction of sp³-hybridized carbons (Fsp3) is 0.350. The lowest BCUT2D eigenvalue weighted by atomic mass is 10.1. The van der Waals surface area contributed by atoms with Crippen LogP contribution in [0.5, 0.6) is 0 Å². The first-order valence-electron chi connectivity index (χ1n) is 8.61. The zero-order valence-corrected chi connectivity index (χ0v) is 18.6. The van der Waals surface area contributed by atoms with Crippen LogP contribution in [0.3, 0.4) is 0 Å². The summed E-state index contributed by atoms with van der Waals surface area (Å²) in [6.07, 6.45) is 0. The van der Waals surface area contributed by atoms with E-state index in [1.54, 1.807) is 13.8 Å². The Balaban J connectivity index is 2.14. The number of hydrogen-bond acceptors (Lipinski definition) is 3. The fourth-order valence-corrected chi connectivity index (χ4v) is 5.11. The molecule has 0 heterocycles. The lowest BCUT2D eigenvalue weighted by molar-refractivity contribution is -0.121.